The van der Waals surface area contributed by atoms with Gasteiger partial charge in [-0.05, 0) is 41.0 Å². The highest BCUT2D eigenvalue weighted by Crippen LogP contribution is 2.33. The lowest BCUT2D eigenvalue weighted by molar-refractivity contribution is 0.0692. The minimum absolute atomic E-state index is 0.0541. The minimum atomic E-state index is -4.07. The van der Waals surface area contributed by atoms with Crippen molar-refractivity contribution >= 4 is 21.9 Å². The van der Waals surface area contributed by atoms with Gasteiger partial charge in [0, 0.05) is 0 Å². The molecule has 0 radical (unpaired) electrons. The Labute approximate surface area is 165 Å². The van der Waals surface area contributed by atoms with Crippen LogP contribution in [0.5, 0.6) is 0 Å². The van der Waals surface area contributed by atoms with Crippen LogP contribution in [0.15, 0.2) is 71.6 Å². The Morgan fingerprint density at radius 1 is 0.966 bits per heavy atom. The van der Waals surface area contributed by atoms with Gasteiger partial charge in [0.15, 0.2) is 0 Å². The average Bonchev–Trinajstić information content (AvgIpc) is 2.89. The zero-order chi connectivity index (χ0) is 20.8. The molecule has 1 aliphatic rings. The van der Waals surface area contributed by atoms with Gasteiger partial charge < -0.3 is 5.11 Å². The molecule has 0 aliphatic carbocycles. The molecular weight excluding hydrogens is 397 g/mol. The van der Waals surface area contributed by atoms with Crippen LogP contribution < -0.4 is 0 Å². The van der Waals surface area contributed by atoms with E-state index in [0.29, 0.717) is 9.87 Å². The van der Waals surface area contributed by atoms with Gasteiger partial charge >= 0.3 is 5.97 Å². The van der Waals surface area contributed by atoms with Gasteiger partial charge in [-0.25, -0.2) is 21.9 Å². The standard InChI is InChI=1S/C21H14FNO5S/c22-17-11-13(10-16(19(17)21(25)26)14-6-2-1-3-7-14)12-23-20(24)15-8-4-5-9-18(15)29(23,27)28/h1-11H,12H2,(H,25,26). The third-order valence-electron chi connectivity index (χ3n) is 4.69. The first kappa shape index (κ1) is 18.8. The molecule has 4 rings (SSSR count). The Morgan fingerprint density at radius 2 is 1.62 bits per heavy atom. The van der Waals surface area contributed by atoms with Crippen LogP contribution in [0.1, 0.15) is 26.3 Å². The number of aromatic carboxylic acids is 1. The van der Waals surface area contributed by atoms with Crippen LogP contribution in [-0.2, 0) is 16.6 Å². The fourth-order valence-electron chi connectivity index (χ4n) is 3.37. The number of carboxylic acid groups (broad SMARTS) is 1. The van der Waals surface area contributed by atoms with Crippen molar-refractivity contribution in [1.82, 2.24) is 4.31 Å². The average molecular weight is 411 g/mol. The van der Waals surface area contributed by atoms with Gasteiger partial charge in [0.05, 0.1) is 12.1 Å². The molecule has 8 heteroatoms. The topological polar surface area (TPSA) is 91.8 Å². The lowest BCUT2D eigenvalue weighted by atomic mass is 9.96. The Bertz CT molecular complexity index is 1260. The molecule has 0 fully saturated rings. The summed E-state index contributed by atoms with van der Waals surface area (Å²) in [6, 6.07) is 16.5. The normalized spacial score (nSPS) is 14.7. The van der Waals surface area contributed by atoms with Crippen molar-refractivity contribution in [2.45, 2.75) is 11.4 Å². The number of hydrogen-bond acceptors (Lipinski definition) is 4. The van der Waals surface area contributed by atoms with E-state index < -0.39 is 39.8 Å². The van der Waals surface area contributed by atoms with Crippen LogP contribution in [0.25, 0.3) is 11.1 Å². The van der Waals surface area contributed by atoms with E-state index in [9.17, 15) is 27.5 Å². The van der Waals surface area contributed by atoms with Crippen LogP contribution >= 0.6 is 0 Å². The van der Waals surface area contributed by atoms with E-state index >= 15 is 0 Å². The number of rotatable bonds is 4. The predicted molar refractivity (Wildman–Crippen MR) is 102 cm³/mol. The number of amides is 1. The quantitative estimate of drug-likeness (QED) is 0.709. The van der Waals surface area contributed by atoms with E-state index in [0.717, 1.165) is 6.07 Å². The number of carbonyl (C=O) groups is 2. The van der Waals surface area contributed by atoms with Crippen molar-refractivity contribution < 1.29 is 27.5 Å². The zero-order valence-electron chi connectivity index (χ0n) is 14.9. The van der Waals surface area contributed by atoms with Crippen molar-refractivity contribution in [2.75, 3.05) is 0 Å². The summed E-state index contributed by atoms with van der Waals surface area (Å²) < 4.78 is 40.8. The molecule has 1 N–H and O–H groups in total. The van der Waals surface area contributed by atoms with Crippen LogP contribution in [-0.4, -0.2) is 29.7 Å². The van der Waals surface area contributed by atoms with E-state index in [1.807, 2.05) is 0 Å². The smallest absolute Gasteiger partial charge is 0.339 e. The number of hydrogen-bond donors (Lipinski definition) is 1. The summed E-state index contributed by atoms with van der Waals surface area (Å²) >= 11 is 0. The van der Waals surface area contributed by atoms with Gasteiger partial charge in [0.2, 0.25) is 0 Å². The molecule has 0 bridgehead atoms. The monoisotopic (exact) mass is 411 g/mol. The third-order valence-corrected chi connectivity index (χ3v) is 6.47. The molecule has 0 unspecified atom stereocenters. The molecule has 3 aromatic rings. The Balaban J connectivity index is 1.81. The number of benzene rings is 3. The van der Waals surface area contributed by atoms with Gasteiger partial charge in [-0.3, -0.25) is 4.79 Å². The van der Waals surface area contributed by atoms with Crippen LogP contribution in [0.3, 0.4) is 0 Å². The van der Waals surface area contributed by atoms with E-state index in [1.165, 1.54) is 24.3 Å². The fourth-order valence-corrected chi connectivity index (χ4v) is 4.93. The molecular formula is C21H14FNO5S. The van der Waals surface area contributed by atoms with E-state index in [1.54, 1.807) is 36.4 Å². The highest BCUT2D eigenvalue weighted by molar-refractivity contribution is 7.90. The summed E-state index contributed by atoms with van der Waals surface area (Å²) in [6.07, 6.45) is 0. The number of sulfonamides is 1. The molecule has 0 saturated carbocycles. The number of carbonyl (C=O) groups excluding carboxylic acids is 1. The van der Waals surface area contributed by atoms with Crippen molar-refractivity contribution in [3.63, 3.8) is 0 Å². The maximum Gasteiger partial charge on any atom is 0.339 e. The molecule has 0 saturated heterocycles. The first-order valence-corrected chi connectivity index (χ1v) is 10.0. The lowest BCUT2D eigenvalue weighted by Gasteiger charge is -2.17. The SMILES string of the molecule is O=C(O)c1c(F)cc(CN2C(=O)c3ccccc3S2(=O)=O)cc1-c1ccccc1. The molecule has 146 valence electrons. The summed E-state index contributed by atoms with van der Waals surface area (Å²) in [5.74, 6) is -3.15. The van der Waals surface area contributed by atoms with Gasteiger partial charge in [0.1, 0.15) is 16.3 Å². The van der Waals surface area contributed by atoms with Gasteiger partial charge in [0.25, 0.3) is 15.9 Å². The largest absolute Gasteiger partial charge is 0.478 e. The summed E-state index contributed by atoms with van der Waals surface area (Å²) in [6.45, 7) is -0.410. The summed E-state index contributed by atoms with van der Waals surface area (Å²) in [7, 11) is -4.07. The summed E-state index contributed by atoms with van der Waals surface area (Å²) in [5.41, 5.74) is 0.271. The summed E-state index contributed by atoms with van der Waals surface area (Å²) in [5, 5.41) is 9.43. The van der Waals surface area contributed by atoms with Gasteiger partial charge in [-0.15, -0.1) is 0 Å². The van der Waals surface area contributed by atoms with Crippen molar-refractivity contribution in [3.05, 3.63) is 89.2 Å². The van der Waals surface area contributed by atoms with Crippen LogP contribution in [0.2, 0.25) is 0 Å². The van der Waals surface area contributed by atoms with Crippen LogP contribution in [0.4, 0.5) is 4.39 Å². The molecule has 1 amide bonds. The Hall–Kier alpha value is -3.52. The maximum atomic E-state index is 14.6. The molecule has 29 heavy (non-hydrogen) atoms. The Kier molecular flexibility index (Phi) is 4.43. The molecule has 0 atom stereocenters. The molecule has 3 aromatic carbocycles. The van der Waals surface area contributed by atoms with E-state index in [-0.39, 0.29) is 21.6 Å². The third kappa shape index (κ3) is 3.07. The number of halogens is 1. The van der Waals surface area contributed by atoms with Crippen molar-refractivity contribution in [3.8, 4) is 11.1 Å². The predicted octanol–water partition coefficient (Wildman–Crippen LogP) is 3.54. The van der Waals surface area contributed by atoms with Crippen molar-refractivity contribution in [1.29, 1.82) is 0 Å². The van der Waals surface area contributed by atoms with E-state index in [4.69, 9.17) is 0 Å². The second-order valence-corrected chi connectivity index (χ2v) is 8.32. The minimum Gasteiger partial charge on any atom is -0.478 e. The number of carboxylic acids is 1. The molecule has 0 spiro atoms. The molecule has 0 aromatic heterocycles. The number of nitrogens with zero attached hydrogens (tertiary/aromatic N) is 1. The fraction of sp³-hybridized carbons (Fsp3) is 0.0476. The van der Waals surface area contributed by atoms with Gasteiger partial charge in [-0.2, -0.15) is 0 Å². The van der Waals surface area contributed by atoms with Gasteiger partial charge in [-0.1, -0.05) is 42.5 Å². The van der Waals surface area contributed by atoms with E-state index in [2.05, 4.69) is 0 Å². The highest BCUT2D eigenvalue weighted by atomic mass is 32.2. The Morgan fingerprint density at radius 3 is 2.28 bits per heavy atom. The maximum absolute atomic E-state index is 14.6. The lowest BCUT2D eigenvalue weighted by Crippen LogP contribution is -2.29. The zero-order valence-corrected chi connectivity index (χ0v) is 15.7. The van der Waals surface area contributed by atoms with Crippen LogP contribution in [0, 0.1) is 5.82 Å². The van der Waals surface area contributed by atoms with Crippen molar-refractivity contribution in [2.24, 2.45) is 0 Å². The first-order valence-electron chi connectivity index (χ1n) is 8.58. The molecule has 1 heterocycles. The molecule has 6 nitrogen and oxygen atoms in total. The highest BCUT2D eigenvalue weighted by Gasteiger charge is 2.40. The molecule has 1 aliphatic heterocycles. The first-order chi connectivity index (χ1) is 13.8. The second-order valence-electron chi connectivity index (χ2n) is 6.48. The second kappa shape index (κ2) is 6.82. The number of fused-ring (bicyclic) bond motifs is 1. The summed E-state index contributed by atoms with van der Waals surface area (Å²) in [4.78, 5) is 24.1.